The van der Waals surface area contributed by atoms with Gasteiger partial charge in [-0.2, -0.15) is 0 Å². The predicted molar refractivity (Wildman–Crippen MR) is 81.7 cm³/mol. The minimum atomic E-state index is -0.214. The van der Waals surface area contributed by atoms with Gasteiger partial charge >= 0.3 is 0 Å². The molecule has 1 rings (SSSR count). The average molecular weight is 278 g/mol. The van der Waals surface area contributed by atoms with Crippen molar-refractivity contribution in [1.29, 1.82) is 0 Å². The molecule has 0 heterocycles. The number of rotatable bonds is 8. The van der Waals surface area contributed by atoms with Crippen molar-refractivity contribution in [3.05, 3.63) is 35.4 Å². The molecule has 0 saturated carbocycles. The van der Waals surface area contributed by atoms with Crippen molar-refractivity contribution in [2.24, 2.45) is 0 Å². The third-order valence-electron chi connectivity index (χ3n) is 3.30. The molecule has 0 fully saturated rings. The van der Waals surface area contributed by atoms with Crippen molar-refractivity contribution in [1.82, 2.24) is 10.6 Å². The average Bonchev–Trinajstić information content (AvgIpc) is 2.44. The van der Waals surface area contributed by atoms with E-state index in [1.165, 1.54) is 11.1 Å². The Kier molecular flexibility index (Phi) is 7.26. The second-order valence-corrected chi connectivity index (χ2v) is 5.16. The maximum atomic E-state index is 11.9. The van der Waals surface area contributed by atoms with Gasteiger partial charge in [-0.1, -0.05) is 29.8 Å². The van der Waals surface area contributed by atoms with Gasteiger partial charge in [0.2, 0.25) is 5.91 Å². The highest BCUT2D eigenvalue weighted by atomic mass is 16.5. The highest BCUT2D eigenvalue weighted by Gasteiger charge is 2.15. The molecule has 112 valence electrons. The lowest BCUT2D eigenvalue weighted by Crippen LogP contribution is -2.43. The van der Waals surface area contributed by atoms with Crippen molar-refractivity contribution in [2.75, 3.05) is 20.3 Å². The number of hydrogen-bond donors (Lipinski definition) is 2. The molecule has 4 nitrogen and oxygen atoms in total. The maximum absolute atomic E-state index is 11.9. The Morgan fingerprint density at radius 1 is 1.25 bits per heavy atom. The van der Waals surface area contributed by atoms with Crippen molar-refractivity contribution in [3.63, 3.8) is 0 Å². The van der Waals surface area contributed by atoms with E-state index in [0.717, 1.165) is 6.42 Å². The number of methoxy groups -OCH3 is 1. The lowest BCUT2D eigenvalue weighted by atomic mass is 10.1. The molecule has 2 atom stereocenters. The minimum absolute atomic E-state index is 0.0278. The van der Waals surface area contributed by atoms with E-state index in [-0.39, 0.29) is 18.0 Å². The number of carbonyl (C=O) groups is 1. The van der Waals surface area contributed by atoms with Crippen LogP contribution in [-0.2, 0) is 9.53 Å². The van der Waals surface area contributed by atoms with Crippen molar-refractivity contribution in [3.8, 4) is 0 Å². The summed E-state index contributed by atoms with van der Waals surface area (Å²) in [5, 5.41) is 6.21. The molecule has 1 aromatic carbocycles. The Hall–Kier alpha value is -1.39. The van der Waals surface area contributed by atoms with E-state index < -0.39 is 0 Å². The Balaban J connectivity index is 2.38. The normalized spacial score (nSPS) is 13.8. The Labute approximate surface area is 121 Å². The van der Waals surface area contributed by atoms with Crippen LogP contribution in [0.5, 0.6) is 0 Å². The summed E-state index contributed by atoms with van der Waals surface area (Å²) in [6.45, 7) is 7.34. The number of hydrogen-bond acceptors (Lipinski definition) is 3. The Morgan fingerprint density at radius 2 is 1.90 bits per heavy atom. The van der Waals surface area contributed by atoms with Crippen molar-refractivity contribution in [2.45, 2.75) is 39.3 Å². The monoisotopic (exact) mass is 278 g/mol. The number of aryl methyl sites for hydroxylation is 1. The van der Waals surface area contributed by atoms with Crippen LogP contribution in [0.25, 0.3) is 0 Å². The molecular weight excluding hydrogens is 252 g/mol. The highest BCUT2D eigenvalue weighted by Crippen LogP contribution is 2.13. The van der Waals surface area contributed by atoms with Crippen LogP contribution in [0.1, 0.15) is 37.4 Å². The summed E-state index contributed by atoms with van der Waals surface area (Å²) in [6, 6.07) is 8.29. The zero-order chi connectivity index (χ0) is 15.0. The molecule has 0 aliphatic rings. The van der Waals surface area contributed by atoms with Crippen LogP contribution in [0.15, 0.2) is 24.3 Å². The van der Waals surface area contributed by atoms with E-state index in [1.807, 2.05) is 6.92 Å². The SMILES string of the molecule is COCCCNC(=O)C(C)NC(C)c1ccc(C)cc1. The standard InChI is InChI=1S/C16H26N2O2/c1-12-6-8-15(9-7-12)13(2)18-14(3)16(19)17-10-5-11-20-4/h6-9,13-14,18H,5,10-11H2,1-4H3,(H,17,19). The smallest absolute Gasteiger partial charge is 0.236 e. The van der Waals surface area contributed by atoms with E-state index in [1.54, 1.807) is 7.11 Å². The zero-order valence-electron chi connectivity index (χ0n) is 12.9. The van der Waals surface area contributed by atoms with E-state index in [0.29, 0.717) is 13.2 Å². The summed E-state index contributed by atoms with van der Waals surface area (Å²) in [6.07, 6.45) is 0.836. The molecule has 0 radical (unpaired) electrons. The van der Waals surface area contributed by atoms with Gasteiger partial charge in [-0.25, -0.2) is 0 Å². The molecule has 0 aliphatic carbocycles. The second-order valence-electron chi connectivity index (χ2n) is 5.16. The van der Waals surface area contributed by atoms with Gasteiger partial charge in [-0.15, -0.1) is 0 Å². The van der Waals surface area contributed by atoms with Crippen LogP contribution in [0, 0.1) is 6.92 Å². The molecule has 1 aromatic rings. The van der Waals surface area contributed by atoms with Crippen LogP contribution in [-0.4, -0.2) is 32.2 Å². The lowest BCUT2D eigenvalue weighted by Gasteiger charge is -2.20. The Morgan fingerprint density at radius 3 is 2.50 bits per heavy atom. The number of carbonyl (C=O) groups excluding carboxylic acids is 1. The fourth-order valence-corrected chi connectivity index (χ4v) is 1.98. The van der Waals surface area contributed by atoms with E-state index in [2.05, 4.69) is 48.7 Å². The van der Waals surface area contributed by atoms with Crippen molar-refractivity contribution >= 4 is 5.91 Å². The summed E-state index contributed by atoms with van der Waals surface area (Å²) in [5.74, 6) is 0.0278. The third-order valence-corrected chi connectivity index (χ3v) is 3.30. The van der Waals surface area contributed by atoms with E-state index in [9.17, 15) is 4.79 Å². The largest absolute Gasteiger partial charge is 0.385 e. The van der Waals surface area contributed by atoms with Gasteiger partial charge in [0.1, 0.15) is 0 Å². The van der Waals surface area contributed by atoms with Crippen LogP contribution in [0.3, 0.4) is 0 Å². The molecule has 1 amide bonds. The predicted octanol–water partition coefficient (Wildman–Crippen LogP) is 2.19. The van der Waals surface area contributed by atoms with Crippen LogP contribution < -0.4 is 10.6 Å². The van der Waals surface area contributed by atoms with Gasteiger partial charge in [-0.05, 0) is 32.8 Å². The molecule has 4 heteroatoms. The number of ether oxygens (including phenoxy) is 1. The summed E-state index contributed by atoms with van der Waals surface area (Å²) < 4.78 is 4.95. The number of nitrogens with one attached hydrogen (secondary N) is 2. The van der Waals surface area contributed by atoms with Gasteiger partial charge in [0.15, 0.2) is 0 Å². The van der Waals surface area contributed by atoms with Gasteiger partial charge in [0.05, 0.1) is 6.04 Å². The molecule has 0 bridgehead atoms. The highest BCUT2D eigenvalue weighted by molar-refractivity contribution is 5.81. The lowest BCUT2D eigenvalue weighted by molar-refractivity contribution is -0.122. The first-order valence-corrected chi connectivity index (χ1v) is 7.14. The molecule has 0 aromatic heterocycles. The Bertz CT molecular complexity index is 403. The second kappa shape index (κ2) is 8.72. The summed E-state index contributed by atoms with van der Waals surface area (Å²) in [7, 11) is 1.66. The van der Waals surface area contributed by atoms with Gasteiger partial charge in [0.25, 0.3) is 0 Å². The van der Waals surface area contributed by atoms with E-state index >= 15 is 0 Å². The fourth-order valence-electron chi connectivity index (χ4n) is 1.98. The molecule has 0 saturated heterocycles. The minimum Gasteiger partial charge on any atom is -0.385 e. The first-order valence-electron chi connectivity index (χ1n) is 7.14. The number of benzene rings is 1. The topological polar surface area (TPSA) is 50.4 Å². The summed E-state index contributed by atoms with van der Waals surface area (Å²) in [4.78, 5) is 11.9. The molecular formula is C16H26N2O2. The van der Waals surface area contributed by atoms with Gasteiger partial charge in [0, 0.05) is 26.3 Å². The molecule has 0 spiro atoms. The van der Waals surface area contributed by atoms with Gasteiger partial charge < -0.3 is 10.1 Å². The van der Waals surface area contributed by atoms with Crippen LogP contribution >= 0.6 is 0 Å². The van der Waals surface area contributed by atoms with Crippen LogP contribution in [0.4, 0.5) is 0 Å². The van der Waals surface area contributed by atoms with Crippen LogP contribution in [0.2, 0.25) is 0 Å². The summed E-state index contributed by atoms with van der Waals surface area (Å²) >= 11 is 0. The summed E-state index contributed by atoms with van der Waals surface area (Å²) in [5.41, 5.74) is 2.43. The molecule has 20 heavy (non-hydrogen) atoms. The molecule has 2 N–H and O–H groups in total. The number of amides is 1. The quantitative estimate of drug-likeness (QED) is 0.717. The fraction of sp³-hybridized carbons (Fsp3) is 0.562. The maximum Gasteiger partial charge on any atom is 0.236 e. The van der Waals surface area contributed by atoms with Crippen molar-refractivity contribution < 1.29 is 9.53 Å². The zero-order valence-corrected chi connectivity index (χ0v) is 12.9. The molecule has 0 aliphatic heterocycles. The first-order chi connectivity index (χ1) is 9.54. The van der Waals surface area contributed by atoms with Gasteiger partial charge in [-0.3, -0.25) is 10.1 Å². The third kappa shape index (κ3) is 5.72. The first kappa shape index (κ1) is 16.7. The van der Waals surface area contributed by atoms with E-state index in [4.69, 9.17) is 4.74 Å². The molecule has 2 unspecified atom stereocenters.